The number of fused-ring (bicyclic) bond motifs is 3. The maximum atomic E-state index is 12.7. The van der Waals surface area contributed by atoms with Gasteiger partial charge in [-0.25, -0.2) is 4.98 Å². The van der Waals surface area contributed by atoms with E-state index >= 15 is 0 Å². The zero-order valence-electron chi connectivity index (χ0n) is 15.7. The van der Waals surface area contributed by atoms with Gasteiger partial charge in [-0.05, 0) is 38.0 Å². The molecule has 2 saturated heterocycles. The number of ketones is 1. The lowest BCUT2D eigenvalue weighted by atomic mass is 10.1. The average Bonchev–Trinajstić information content (AvgIpc) is 3.20. The summed E-state index contributed by atoms with van der Waals surface area (Å²) in [7, 11) is 0. The largest absolute Gasteiger partial charge is 0.378 e. The molecule has 2 atom stereocenters. The summed E-state index contributed by atoms with van der Waals surface area (Å²) < 4.78 is 5.60. The first-order chi connectivity index (χ1) is 13.7. The van der Waals surface area contributed by atoms with Gasteiger partial charge in [-0.2, -0.15) is 0 Å². The number of pyridine rings is 2. The molecule has 3 aromatic heterocycles. The number of hydrogen-bond donors (Lipinski definition) is 0. The number of morpholine rings is 1. The predicted octanol–water partition coefficient (Wildman–Crippen LogP) is 2.43. The number of carbonyl (C=O) groups excluding carboxylic acids is 1. The van der Waals surface area contributed by atoms with E-state index in [9.17, 15) is 4.79 Å². The minimum absolute atomic E-state index is 0.196. The van der Waals surface area contributed by atoms with Gasteiger partial charge in [-0.15, -0.1) is 10.2 Å². The number of aryl methyl sites for hydroxylation is 1. The van der Waals surface area contributed by atoms with Crippen LogP contribution in [-0.2, 0) is 16.0 Å². The molecule has 8 heteroatoms. The molecule has 0 saturated carbocycles. The standard InChI is InChI=1S/C20H21N5O2S/c1-12-23-24-20(28-12)18-5-2-13-8-21-14(7-19(13)22-18)6-17(26)9-25-15-3-4-16(25)11-27-10-15/h2,5,7-8,15-16H,3-4,6,9-11H2,1H3. The molecule has 2 aliphatic heterocycles. The van der Waals surface area contributed by atoms with E-state index in [0.717, 1.165) is 58.4 Å². The summed E-state index contributed by atoms with van der Waals surface area (Å²) in [5.41, 5.74) is 2.39. The van der Waals surface area contributed by atoms with Gasteiger partial charge in [0.15, 0.2) is 10.8 Å². The maximum Gasteiger partial charge on any atom is 0.166 e. The Kier molecular flexibility index (Phi) is 4.62. The van der Waals surface area contributed by atoms with Gasteiger partial charge in [0.25, 0.3) is 0 Å². The molecule has 3 aromatic rings. The van der Waals surface area contributed by atoms with Crippen LogP contribution in [-0.4, -0.2) is 62.7 Å². The Morgan fingerprint density at radius 1 is 1.25 bits per heavy atom. The van der Waals surface area contributed by atoms with Crippen molar-refractivity contribution in [3.8, 4) is 10.7 Å². The van der Waals surface area contributed by atoms with Crippen molar-refractivity contribution in [2.24, 2.45) is 0 Å². The van der Waals surface area contributed by atoms with E-state index in [1.165, 1.54) is 11.3 Å². The highest BCUT2D eigenvalue weighted by Crippen LogP contribution is 2.28. The van der Waals surface area contributed by atoms with Crippen LogP contribution in [0.5, 0.6) is 0 Å². The van der Waals surface area contributed by atoms with E-state index in [0.29, 0.717) is 25.0 Å². The summed E-state index contributed by atoms with van der Waals surface area (Å²) in [6.45, 7) is 3.90. The second kappa shape index (κ2) is 7.27. The SMILES string of the molecule is Cc1nnc(-c2ccc3cnc(CC(=O)CN4C5CCC4COC5)cc3n2)s1. The van der Waals surface area contributed by atoms with Gasteiger partial charge in [0.05, 0.1) is 31.7 Å². The van der Waals surface area contributed by atoms with Crippen LogP contribution in [0.25, 0.3) is 21.6 Å². The van der Waals surface area contributed by atoms with E-state index in [1.807, 2.05) is 25.1 Å². The monoisotopic (exact) mass is 395 g/mol. The lowest BCUT2D eigenvalue weighted by Crippen LogP contribution is -2.48. The maximum absolute atomic E-state index is 12.7. The van der Waals surface area contributed by atoms with E-state index in [-0.39, 0.29) is 5.78 Å². The van der Waals surface area contributed by atoms with Crippen molar-refractivity contribution in [3.05, 3.63) is 35.1 Å². The Labute approximate surface area is 166 Å². The van der Waals surface area contributed by atoms with Crippen molar-refractivity contribution >= 4 is 28.0 Å². The number of aromatic nitrogens is 4. The van der Waals surface area contributed by atoms with Crippen LogP contribution in [0.2, 0.25) is 0 Å². The van der Waals surface area contributed by atoms with Crippen molar-refractivity contribution in [3.63, 3.8) is 0 Å². The molecule has 0 N–H and O–H groups in total. The van der Waals surface area contributed by atoms with Gasteiger partial charge < -0.3 is 4.74 Å². The summed E-state index contributed by atoms with van der Waals surface area (Å²) >= 11 is 1.52. The zero-order valence-corrected chi connectivity index (χ0v) is 16.5. The Balaban J connectivity index is 1.33. The molecule has 2 aliphatic rings. The highest BCUT2D eigenvalue weighted by atomic mass is 32.1. The highest BCUT2D eigenvalue weighted by molar-refractivity contribution is 7.14. The Bertz CT molecular complexity index is 1020. The predicted molar refractivity (Wildman–Crippen MR) is 106 cm³/mol. The van der Waals surface area contributed by atoms with E-state index < -0.39 is 0 Å². The third-order valence-corrected chi connectivity index (χ3v) is 6.37. The van der Waals surface area contributed by atoms with Crippen molar-refractivity contribution in [2.45, 2.75) is 38.3 Å². The normalized spacial score (nSPS) is 22.0. The first-order valence-electron chi connectivity index (χ1n) is 9.57. The molecule has 7 nitrogen and oxygen atoms in total. The van der Waals surface area contributed by atoms with Crippen LogP contribution in [0, 0.1) is 6.92 Å². The minimum Gasteiger partial charge on any atom is -0.378 e. The number of ether oxygens (including phenoxy) is 1. The smallest absolute Gasteiger partial charge is 0.166 e. The van der Waals surface area contributed by atoms with Crippen molar-refractivity contribution in [2.75, 3.05) is 19.8 Å². The number of nitrogens with zero attached hydrogens (tertiary/aromatic N) is 5. The lowest BCUT2D eigenvalue weighted by molar-refractivity contribution is -0.122. The fourth-order valence-electron chi connectivity index (χ4n) is 4.11. The Morgan fingerprint density at radius 3 is 2.82 bits per heavy atom. The first kappa shape index (κ1) is 17.8. The van der Waals surface area contributed by atoms with E-state index in [2.05, 4.69) is 20.1 Å². The van der Waals surface area contributed by atoms with Gasteiger partial charge in [0.2, 0.25) is 0 Å². The van der Waals surface area contributed by atoms with Gasteiger partial charge in [0, 0.05) is 29.4 Å². The molecule has 0 spiro atoms. The fraction of sp³-hybridized carbons (Fsp3) is 0.450. The van der Waals surface area contributed by atoms with Crippen LogP contribution in [0.4, 0.5) is 0 Å². The molecule has 2 fully saturated rings. The summed E-state index contributed by atoms with van der Waals surface area (Å²) in [5, 5.41) is 10.9. The van der Waals surface area contributed by atoms with Crippen molar-refractivity contribution in [1.29, 1.82) is 0 Å². The number of carbonyl (C=O) groups is 1. The molecular formula is C20H21N5O2S. The molecule has 0 radical (unpaired) electrons. The second-order valence-electron chi connectivity index (χ2n) is 7.50. The Morgan fingerprint density at radius 2 is 2.07 bits per heavy atom. The third-order valence-electron chi connectivity index (χ3n) is 5.50. The zero-order chi connectivity index (χ0) is 19.1. The van der Waals surface area contributed by atoms with Gasteiger partial charge in [0.1, 0.15) is 10.7 Å². The second-order valence-corrected chi connectivity index (χ2v) is 8.68. The topological polar surface area (TPSA) is 81.1 Å². The van der Waals surface area contributed by atoms with Gasteiger partial charge in [-0.1, -0.05) is 11.3 Å². The molecule has 28 heavy (non-hydrogen) atoms. The fourth-order valence-corrected chi connectivity index (χ4v) is 4.77. The third kappa shape index (κ3) is 3.43. The molecule has 2 bridgehead atoms. The molecule has 144 valence electrons. The van der Waals surface area contributed by atoms with Crippen LogP contribution in [0.1, 0.15) is 23.5 Å². The number of hydrogen-bond acceptors (Lipinski definition) is 8. The highest BCUT2D eigenvalue weighted by Gasteiger charge is 2.37. The molecule has 5 heterocycles. The van der Waals surface area contributed by atoms with E-state index in [1.54, 1.807) is 6.20 Å². The average molecular weight is 395 g/mol. The van der Waals surface area contributed by atoms with Crippen LogP contribution < -0.4 is 0 Å². The first-order valence-corrected chi connectivity index (χ1v) is 10.4. The molecule has 0 aromatic carbocycles. The summed E-state index contributed by atoms with van der Waals surface area (Å²) in [4.78, 5) is 24.2. The van der Waals surface area contributed by atoms with Crippen molar-refractivity contribution < 1.29 is 9.53 Å². The van der Waals surface area contributed by atoms with Gasteiger partial charge >= 0.3 is 0 Å². The van der Waals surface area contributed by atoms with Crippen LogP contribution in [0.3, 0.4) is 0 Å². The summed E-state index contributed by atoms with van der Waals surface area (Å²) in [6.07, 6.45) is 4.38. The number of Topliss-reactive ketones (excluding diaryl/α,β-unsaturated/α-hetero) is 1. The quantitative estimate of drug-likeness (QED) is 0.656. The minimum atomic E-state index is 0.196. The molecular weight excluding hydrogens is 374 g/mol. The molecule has 2 unspecified atom stereocenters. The Hall–Kier alpha value is -2.29. The van der Waals surface area contributed by atoms with E-state index in [4.69, 9.17) is 9.72 Å². The molecule has 5 rings (SSSR count). The molecule has 0 aliphatic carbocycles. The number of rotatable bonds is 5. The van der Waals surface area contributed by atoms with Crippen LogP contribution >= 0.6 is 11.3 Å². The summed E-state index contributed by atoms with van der Waals surface area (Å²) in [5.74, 6) is 0.196. The summed E-state index contributed by atoms with van der Waals surface area (Å²) in [6, 6.07) is 6.62. The van der Waals surface area contributed by atoms with Crippen LogP contribution in [0.15, 0.2) is 24.4 Å². The lowest BCUT2D eigenvalue weighted by Gasteiger charge is -2.33. The van der Waals surface area contributed by atoms with Gasteiger partial charge in [-0.3, -0.25) is 14.7 Å². The molecule has 0 amide bonds. The van der Waals surface area contributed by atoms with Crippen molar-refractivity contribution in [1.82, 2.24) is 25.1 Å².